The second-order valence-electron chi connectivity index (χ2n) is 5.15. The molecule has 0 saturated carbocycles. The Labute approximate surface area is 122 Å². The highest BCUT2D eigenvalue weighted by Crippen LogP contribution is 2.28. The predicted molar refractivity (Wildman–Crippen MR) is 79.3 cm³/mol. The van der Waals surface area contributed by atoms with Crippen LogP contribution in [0.1, 0.15) is 5.56 Å². The minimum Gasteiger partial charge on any atom is -0.368 e. The third kappa shape index (κ3) is 2.76. The van der Waals surface area contributed by atoms with Crippen LogP contribution >= 0.6 is 15.9 Å². The molecule has 0 bridgehead atoms. The first-order valence-electron chi connectivity index (χ1n) is 6.66. The second-order valence-corrected chi connectivity index (χ2v) is 6.07. The van der Waals surface area contributed by atoms with Crippen molar-refractivity contribution in [1.82, 2.24) is 10.2 Å². The van der Waals surface area contributed by atoms with Gasteiger partial charge in [0.1, 0.15) is 0 Å². The van der Waals surface area contributed by atoms with E-state index in [0.29, 0.717) is 6.04 Å². The fourth-order valence-corrected chi connectivity index (χ4v) is 3.25. The van der Waals surface area contributed by atoms with Gasteiger partial charge in [0.2, 0.25) is 0 Å². The van der Waals surface area contributed by atoms with Crippen molar-refractivity contribution in [2.75, 3.05) is 44.2 Å². The number of anilines is 1. The maximum absolute atomic E-state index is 9.01. The zero-order chi connectivity index (χ0) is 13.2. The lowest BCUT2D eigenvalue weighted by Gasteiger charge is -2.48. The molecule has 1 aromatic rings. The minimum atomic E-state index is 0.673. The lowest BCUT2D eigenvalue weighted by Crippen LogP contribution is -2.62. The van der Waals surface area contributed by atoms with Gasteiger partial charge in [0.25, 0.3) is 0 Å². The van der Waals surface area contributed by atoms with E-state index in [2.05, 4.69) is 43.2 Å². The van der Waals surface area contributed by atoms with E-state index in [0.717, 1.165) is 55.0 Å². The molecule has 19 heavy (non-hydrogen) atoms. The first kappa shape index (κ1) is 12.9. The van der Waals surface area contributed by atoms with Gasteiger partial charge in [0.05, 0.1) is 11.6 Å². The van der Waals surface area contributed by atoms with Gasteiger partial charge in [0, 0.05) is 55.5 Å². The molecule has 0 radical (unpaired) electrons. The van der Waals surface area contributed by atoms with E-state index >= 15 is 0 Å². The van der Waals surface area contributed by atoms with Crippen LogP contribution < -0.4 is 10.2 Å². The minimum absolute atomic E-state index is 0.673. The first-order chi connectivity index (χ1) is 9.26. The van der Waals surface area contributed by atoms with Crippen molar-refractivity contribution in [3.8, 4) is 6.07 Å². The van der Waals surface area contributed by atoms with Crippen LogP contribution in [0.5, 0.6) is 0 Å². The summed E-state index contributed by atoms with van der Waals surface area (Å²) < 4.78 is 0.979. The molecular formula is C14H17BrN4. The van der Waals surface area contributed by atoms with Crippen LogP contribution in [0, 0.1) is 11.3 Å². The molecule has 1 aromatic carbocycles. The van der Waals surface area contributed by atoms with Crippen molar-refractivity contribution in [3.05, 3.63) is 28.2 Å². The highest BCUT2D eigenvalue weighted by Gasteiger charge is 2.32. The van der Waals surface area contributed by atoms with Gasteiger partial charge in [-0.15, -0.1) is 0 Å². The Kier molecular flexibility index (Phi) is 3.74. The maximum Gasteiger partial charge on any atom is 0.0992 e. The SMILES string of the molecule is N#Cc1cc(Br)cc(N2CC(N3CCNCC3)C2)c1. The van der Waals surface area contributed by atoms with E-state index in [1.807, 2.05) is 12.1 Å². The molecule has 2 fully saturated rings. The zero-order valence-electron chi connectivity index (χ0n) is 10.8. The molecule has 2 saturated heterocycles. The highest BCUT2D eigenvalue weighted by atomic mass is 79.9. The van der Waals surface area contributed by atoms with E-state index in [1.54, 1.807) is 0 Å². The molecule has 2 aliphatic rings. The van der Waals surface area contributed by atoms with Crippen LogP contribution in [0.4, 0.5) is 5.69 Å². The number of nitriles is 1. The van der Waals surface area contributed by atoms with Crippen LogP contribution in [0.15, 0.2) is 22.7 Å². The average molecular weight is 321 g/mol. The highest BCUT2D eigenvalue weighted by molar-refractivity contribution is 9.10. The van der Waals surface area contributed by atoms with Crippen LogP contribution in [0.3, 0.4) is 0 Å². The van der Waals surface area contributed by atoms with Crippen LogP contribution in [-0.4, -0.2) is 50.2 Å². The van der Waals surface area contributed by atoms with Gasteiger partial charge in [-0.05, 0) is 18.2 Å². The topological polar surface area (TPSA) is 42.3 Å². The van der Waals surface area contributed by atoms with Crippen LogP contribution in [0.25, 0.3) is 0 Å². The molecule has 0 amide bonds. The number of rotatable bonds is 2. The quantitative estimate of drug-likeness (QED) is 0.894. The number of benzene rings is 1. The van der Waals surface area contributed by atoms with Crippen molar-refractivity contribution in [1.29, 1.82) is 5.26 Å². The number of hydrogen-bond acceptors (Lipinski definition) is 4. The maximum atomic E-state index is 9.01. The van der Waals surface area contributed by atoms with E-state index in [-0.39, 0.29) is 0 Å². The Morgan fingerprint density at radius 2 is 1.95 bits per heavy atom. The van der Waals surface area contributed by atoms with E-state index in [1.165, 1.54) is 0 Å². The second kappa shape index (κ2) is 5.49. The van der Waals surface area contributed by atoms with Gasteiger partial charge in [0.15, 0.2) is 0 Å². The molecule has 100 valence electrons. The lowest BCUT2D eigenvalue weighted by molar-refractivity contribution is 0.147. The summed E-state index contributed by atoms with van der Waals surface area (Å²) in [5.74, 6) is 0. The number of nitrogens with one attached hydrogen (secondary N) is 1. The molecule has 4 nitrogen and oxygen atoms in total. The van der Waals surface area contributed by atoms with Gasteiger partial charge in [-0.3, -0.25) is 4.90 Å². The van der Waals surface area contributed by atoms with Gasteiger partial charge >= 0.3 is 0 Å². The number of nitrogens with zero attached hydrogens (tertiary/aromatic N) is 3. The normalized spacial score (nSPS) is 20.9. The summed E-state index contributed by atoms with van der Waals surface area (Å²) in [4.78, 5) is 4.91. The Balaban J connectivity index is 1.64. The van der Waals surface area contributed by atoms with Crippen molar-refractivity contribution in [2.45, 2.75) is 6.04 Å². The molecular weight excluding hydrogens is 304 g/mol. The van der Waals surface area contributed by atoms with Crippen molar-refractivity contribution < 1.29 is 0 Å². The summed E-state index contributed by atoms with van der Waals surface area (Å²) in [6.45, 7) is 6.65. The summed E-state index contributed by atoms with van der Waals surface area (Å²) in [7, 11) is 0. The standard InChI is InChI=1S/C14H17BrN4/c15-12-5-11(8-16)6-13(7-12)19-9-14(10-19)18-3-1-17-2-4-18/h5-7,14,17H,1-4,9-10H2. The molecule has 3 rings (SSSR count). The largest absolute Gasteiger partial charge is 0.368 e. The fraction of sp³-hybridized carbons (Fsp3) is 0.500. The Morgan fingerprint density at radius 3 is 2.63 bits per heavy atom. The molecule has 1 N–H and O–H groups in total. The summed E-state index contributed by atoms with van der Waals surface area (Å²) >= 11 is 3.47. The summed E-state index contributed by atoms with van der Waals surface area (Å²) in [6, 6.07) is 8.80. The first-order valence-corrected chi connectivity index (χ1v) is 7.46. The van der Waals surface area contributed by atoms with Crippen molar-refractivity contribution >= 4 is 21.6 Å². The van der Waals surface area contributed by atoms with Crippen LogP contribution in [-0.2, 0) is 0 Å². The molecule has 5 heteroatoms. The number of halogens is 1. The van der Waals surface area contributed by atoms with Crippen molar-refractivity contribution in [2.24, 2.45) is 0 Å². The lowest BCUT2D eigenvalue weighted by atomic mass is 10.0. The number of piperazine rings is 1. The summed E-state index contributed by atoms with van der Waals surface area (Å²) in [5.41, 5.74) is 1.87. The van der Waals surface area contributed by atoms with Crippen molar-refractivity contribution in [3.63, 3.8) is 0 Å². The predicted octanol–water partition coefficient (Wildman–Crippen LogP) is 1.41. The molecule has 0 atom stereocenters. The van der Waals surface area contributed by atoms with E-state index in [4.69, 9.17) is 5.26 Å². The average Bonchev–Trinajstić information content (AvgIpc) is 2.37. The van der Waals surface area contributed by atoms with E-state index < -0.39 is 0 Å². The third-order valence-electron chi connectivity index (χ3n) is 3.91. The number of hydrogen-bond donors (Lipinski definition) is 1. The Morgan fingerprint density at radius 1 is 1.21 bits per heavy atom. The monoisotopic (exact) mass is 320 g/mol. The molecule has 2 heterocycles. The zero-order valence-corrected chi connectivity index (χ0v) is 12.4. The molecule has 0 spiro atoms. The Hall–Kier alpha value is -1.09. The van der Waals surface area contributed by atoms with E-state index in [9.17, 15) is 0 Å². The Bertz CT molecular complexity index is 499. The van der Waals surface area contributed by atoms with Gasteiger partial charge in [-0.2, -0.15) is 5.26 Å². The molecule has 0 aliphatic carbocycles. The summed E-state index contributed by atoms with van der Waals surface area (Å²) in [5, 5.41) is 12.4. The molecule has 0 unspecified atom stereocenters. The van der Waals surface area contributed by atoms with Crippen LogP contribution in [0.2, 0.25) is 0 Å². The van der Waals surface area contributed by atoms with Gasteiger partial charge in [-0.25, -0.2) is 0 Å². The summed E-state index contributed by atoms with van der Waals surface area (Å²) in [6.07, 6.45) is 0. The third-order valence-corrected chi connectivity index (χ3v) is 4.36. The fourth-order valence-electron chi connectivity index (χ4n) is 2.77. The van der Waals surface area contributed by atoms with Gasteiger partial charge < -0.3 is 10.2 Å². The molecule has 2 aliphatic heterocycles. The van der Waals surface area contributed by atoms with Gasteiger partial charge in [-0.1, -0.05) is 15.9 Å². The molecule has 0 aromatic heterocycles. The smallest absolute Gasteiger partial charge is 0.0992 e.